The first-order valence-corrected chi connectivity index (χ1v) is 8.85. The Bertz CT molecular complexity index is 308. The zero-order valence-corrected chi connectivity index (χ0v) is 13.6. The molecule has 2 rings (SSSR count). The minimum atomic E-state index is -0.0845. The van der Waals surface area contributed by atoms with Crippen LogP contribution < -0.4 is 10.6 Å². The fourth-order valence-corrected chi connectivity index (χ4v) is 3.53. The third-order valence-electron chi connectivity index (χ3n) is 4.93. The van der Waals surface area contributed by atoms with Gasteiger partial charge in [0, 0.05) is 19.6 Å². The van der Waals surface area contributed by atoms with Gasteiger partial charge in [0.1, 0.15) is 0 Å². The first-order chi connectivity index (χ1) is 10.2. The number of rotatable bonds is 8. The smallest absolute Gasteiger partial charge is 0.220 e. The van der Waals surface area contributed by atoms with Gasteiger partial charge in [0.2, 0.25) is 5.91 Å². The number of ether oxygens (including phenoxy) is 1. The van der Waals surface area contributed by atoms with Crippen molar-refractivity contribution in [2.75, 3.05) is 26.2 Å². The molecule has 0 aromatic heterocycles. The number of hydrogen-bond donors (Lipinski definition) is 2. The van der Waals surface area contributed by atoms with Crippen molar-refractivity contribution in [3.63, 3.8) is 0 Å². The van der Waals surface area contributed by atoms with E-state index in [2.05, 4.69) is 17.6 Å². The largest absolute Gasteiger partial charge is 0.373 e. The van der Waals surface area contributed by atoms with Gasteiger partial charge in [0.25, 0.3) is 0 Å². The number of carbonyl (C=O) groups excluding carboxylic acids is 1. The molecule has 1 unspecified atom stereocenters. The molecule has 1 amide bonds. The lowest BCUT2D eigenvalue weighted by atomic mass is 9.84. The normalized spacial score (nSPS) is 24.9. The SMILES string of the molecule is CCCOC1(CNC(=O)CCC2CCNC2)CCCCC1. The Morgan fingerprint density at radius 1 is 1.33 bits per heavy atom. The molecule has 1 aliphatic heterocycles. The molecule has 1 heterocycles. The van der Waals surface area contributed by atoms with Gasteiger partial charge in [0.15, 0.2) is 0 Å². The van der Waals surface area contributed by atoms with Crippen molar-refractivity contribution >= 4 is 5.91 Å². The van der Waals surface area contributed by atoms with E-state index in [4.69, 9.17) is 4.74 Å². The van der Waals surface area contributed by atoms with Crippen LogP contribution in [0.3, 0.4) is 0 Å². The van der Waals surface area contributed by atoms with E-state index in [9.17, 15) is 4.79 Å². The monoisotopic (exact) mass is 296 g/mol. The molecular formula is C17H32N2O2. The van der Waals surface area contributed by atoms with Crippen molar-refractivity contribution in [1.29, 1.82) is 0 Å². The van der Waals surface area contributed by atoms with E-state index < -0.39 is 0 Å². The molecule has 1 saturated carbocycles. The van der Waals surface area contributed by atoms with Gasteiger partial charge in [0.05, 0.1) is 5.60 Å². The Labute approximate surface area is 129 Å². The zero-order chi connectivity index (χ0) is 15.0. The lowest BCUT2D eigenvalue weighted by Crippen LogP contribution is -2.46. The lowest BCUT2D eigenvalue weighted by Gasteiger charge is -2.37. The predicted molar refractivity (Wildman–Crippen MR) is 85.3 cm³/mol. The van der Waals surface area contributed by atoms with Gasteiger partial charge in [-0.15, -0.1) is 0 Å². The van der Waals surface area contributed by atoms with E-state index in [0.29, 0.717) is 18.9 Å². The van der Waals surface area contributed by atoms with E-state index >= 15 is 0 Å². The van der Waals surface area contributed by atoms with Crippen LogP contribution in [0.5, 0.6) is 0 Å². The minimum absolute atomic E-state index is 0.0845. The van der Waals surface area contributed by atoms with Crippen molar-refractivity contribution in [2.24, 2.45) is 5.92 Å². The summed E-state index contributed by atoms with van der Waals surface area (Å²) in [6.45, 7) is 5.85. The molecule has 2 N–H and O–H groups in total. The first kappa shape index (κ1) is 16.8. The lowest BCUT2D eigenvalue weighted by molar-refractivity contribution is -0.124. The fraction of sp³-hybridized carbons (Fsp3) is 0.941. The summed E-state index contributed by atoms with van der Waals surface area (Å²) < 4.78 is 6.12. The quantitative estimate of drug-likeness (QED) is 0.724. The van der Waals surface area contributed by atoms with Crippen LogP contribution in [-0.2, 0) is 9.53 Å². The summed E-state index contributed by atoms with van der Waals surface area (Å²) in [6, 6.07) is 0. The third kappa shape index (κ3) is 5.59. The second-order valence-electron chi connectivity index (χ2n) is 6.77. The minimum Gasteiger partial charge on any atom is -0.373 e. The maximum absolute atomic E-state index is 12.1. The maximum atomic E-state index is 12.1. The van der Waals surface area contributed by atoms with E-state index in [1.807, 2.05) is 0 Å². The van der Waals surface area contributed by atoms with E-state index in [1.165, 1.54) is 25.7 Å². The van der Waals surface area contributed by atoms with E-state index in [1.54, 1.807) is 0 Å². The number of carbonyl (C=O) groups is 1. The summed E-state index contributed by atoms with van der Waals surface area (Å²) in [5.74, 6) is 0.891. The van der Waals surface area contributed by atoms with Gasteiger partial charge in [-0.25, -0.2) is 0 Å². The highest BCUT2D eigenvalue weighted by atomic mass is 16.5. The molecule has 0 radical (unpaired) electrons. The van der Waals surface area contributed by atoms with Crippen LogP contribution in [0.1, 0.15) is 64.7 Å². The van der Waals surface area contributed by atoms with Gasteiger partial charge in [-0.3, -0.25) is 4.79 Å². The number of hydrogen-bond acceptors (Lipinski definition) is 3. The first-order valence-electron chi connectivity index (χ1n) is 8.85. The van der Waals surface area contributed by atoms with E-state index in [0.717, 1.165) is 45.4 Å². The second-order valence-corrected chi connectivity index (χ2v) is 6.77. The molecular weight excluding hydrogens is 264 g/mol. The number of nitrogens with one attached hydrogen (secondary N) is 2. The molecule has 2 aliphatic rings. The Hall–Kier alpha value is -0.610. The summed E-state index contributed by atoms with van der Waals surface area (Å²) in [4.78, 5) is 12.1. The second kappa shape index (κ2) is 8.74. The van der Waals surface area contributed by atoms with Crippen LogP contribution in [0.2, 0.25) is 0 Å². The molecule has 4 heteroatoms. The maximum Gasteiger partial charge on any atom is 0.220 e. The van der Waals surface area contributed by atoms with Crippen LogP contribution in [0, 0.1) is 5.92 Å². The summed E-state index contributed by atoms with van der Waals surface area (Å²) in [7, 11) is 0. The van der Waals surface area contributed by atoms with Crippen LogP contribution in [0.25, 0.3) is 0 Å². The van der Waals surface area contributed by atoms with Crippen LogP contribution in [0.4, 0.5) is 0 Å². The molecule has 2 fully saturated rings. The van der Waals surface area contributed by atoms with Crippen LogP contribution in [-0.4, -0.2) is 37.7 Å². The highest BCUT2D eigenvalue weighted by molar-refractivity contribution is 5.75. The molecule has 0 spiro atoms. The molecule has 0 bridgehead atoms. The van der Waals surface area contributed by atoms with Crippen molar-refractivity contribution in [3.05, 3.63) is 0 Å². The average molecular weight is 296 g/mol. The molecule has 21 heavy (non-hydrogen) atoms. The van der Waals surface area contributed by atoms with Gasteiger partial charge >= 0.3 is 0 Å². The summed E-state index contributed by atoms with van der Waals surface area (Å²) in [5.41, 5.74) is -0.0845. The molecule has 1 atom stereocenters. The molecule has 1 aliphatic carbocycles. The van der Waals surface area contributed by atoms with Gasteiger partial charge in [-0.05, 0) is 51.1 Å². The van der Waals surface area contributed by atoms with Gasteiger partial charge in [-0.1, -0.05) is 26.2 Å². The third-order valence-corrected chi connectivity index (χ3v) is 4.93. The van der Waals surface area contributed by atoms with Crippen molar-refractivity contribution in [1.82, 2.24) is 10.6 Å². The Morgan fingerprint density at radius 2 is 2.14 bits per heavy atom. The fourth-order valence-electron chi connectivity index (χ4n) is 3.53. The van der Waals surface area contributed by atoms with Crippen LogP contribution >= 0.6 is 0 Å². The van der Waals surface area contributed by atoms with Crippen molar-refractivity contribution in [3.8, 4) is 0 Å². The highest BCUT2D eigenvalue weighted by Crippen LogP contribution is 2.31. The Morgan fingerprint density at radius 3 is 2.81 bits per heavy atom. The molecule has 1 saturated heterocycles. The predicted octanol–water partition coefficient (Wildman–Crippen LogP) is 2.62. The molecule has 4 nitrogen and oxygen atoms in total. The van der Waals surface area contributed by atoms with Crippen molar-refractivity contribution < 1.29 is 9.53 Å². The standard InChI is InChI=1S/C17H32N2O2/c1-2-12-21-17(9-4-3-5-10-17)14-19-16(20)7-6-15-8-11-18-13-15/h15,18H,2-14H2,1H3,(H,19,20). The highest BCUT2D eigenvalue weighted by Gasteiger charge is 2.33. The van der Waals surface area contributed by atoms with Gasteiger partial charge in [-0.2, -0.15) is 0 Å². The van der Waals surface area contributed by atoms with Crippen molar-refractivity contribution in [2.45, 2.75) is 70.3 Å². The average Bonchev–Trinajstić information content (AvgIpc) is 3.03. The summed E-state index contributed by atoms with van der Waals surface area (Å²) >= 11 is 0. The number of amides is 1. The van der Waals surface area contributed by atoms with Crippen LogP contribution in [0.15, 0.2) is 0 Å². The van der Waals surface area contributed by atoms with E-state index in [-0.39, 0.29) is 11.5 Å². The molecule has 122 valence electrons. The Kier molecular flexibility index (Phi) is 6.97. The van der Waals surface area contributed by atoms with Gasteiger partial charge < -0.3 is 15.4 Å². The summed E-state index contributed by atoms with van der Waals surface area (Å²) in [6.07, 6.45) is 9.90. The zero-order valence-electron chi connectivity index (χ0n) is 13.6. The summed E-state index contributed by atoms with van der Waals surface area (Å²) in [5, 5.41) is 6.50. The topological polar surface area (TPSA) is 50.4 Å². The Balaban J connectivity index is 1.70. The molecule has 0 aromatic rings. The molecule has 0 aromatic carbocycles.